The Bertz CT molecular complexity index is 1620. The Morgan fingerprint density at radius 2 is 1.90 bits per heavy atom. The van der Waals surface area contributed by atoms with Crippen LogP contribution in [0.4, 0.5) is 5.69 Å². The van der Waals surface area contributed by atoms with E-state index in [2.05, 4.69) is 34.4 Å². The lowest BCUT2D eigenvalue weighted by atomic mass is 9.70. The zero-order valence-corrected chi connectivity index (χ0v) is 31.6. The smallest absolute Gasteiger partial charge is 0.306 e. The Labute approximate surface area is 313 Å². The van der Waals surface area contributed by atoms with Crippen molar-refractivity contribution in [3.8, 4) is 0 Å². The summed E-state index contributed by atoms with van der Waals surface area (Å²) in [6.07, 6.45) is 3.84. The van der Waals surface area contributed by atoms with E-state index < -0.39 is 65.4 Å². The third-order valence-corrected chi connectivity index (χ3v) is 11.3. The summed E-state index contributed by atoms with van der Waals surface area (Å²) in [5.41, 5.74) is 0.587. The summed E-state index contributed by atoms with van der Waals surface area (Å²) in [5.74, 6) is -3.64. The summed E-state index contributed by atoms with van der Waals surface area (Å²) >= 11 is 10.4. The minimum absolute atomic E-state index is 0.0832. The molecular formula is C39H47BrClN3O7. The largest absolute Gasteiger partial charge is 0.463 e. The molecule has 3 amide bonds. The first-order chi connectivity index (χ1) is 24.4. The molecule has 5 rings (SSSR count). The number of carbonyl (C=O) groups excluding carboxylic acids is 4. The number of likely N-dealkylation sites (tertiary alicyclic amines) is 1. The van der Waals surface area contributed by atoms with Crippen molar-refractivity contribution in [3.05, 3.63) is 90.0 Å². The topological polar surface area (TPSA) is 125 Å². The fourth-order valence-corrected chi connectivity index (χ4v) is 9.30. The van der Waals surface area contributed by atoms with Gasteiger partial charge in [-0.2, -0.15) is 0 Å². The number of anilines is 1. The van der Waals surface area contributed by atoms with E-state index in [1.54, 1.807) is 24.3 Å². The van der Waals surface area contributed by atoms with Crippen molar-refractivity contribution in [1.82, 2.24) is 10.2 Å². The van der Waals surface area contributed by atoms with Gasteiger partial charge in [0.25, 0.3) is 5.91 Å². The number of hydrogen-bond acceptors (Lipinski definition) is 7. The number of aliphatic hydroxyl groups excluding tert-OH is 1. The molecule has 8 atom stereocenters. The van der Waals surface area contributed by atoms with E-state index in [1.807, 2.05) is 57.2 Å². The number of benzene rings is 2. The van der Waals surface area contributed by atoms with Crippen LogP contribution in [0.25, 0.3) is 0 Å². The van der Waals surface area contributed by atoms with Crippen LogP contribution in [-0.4, -0.2) is 82.1 Å². The lowest BCUT2D eigenvalue weighted by molar-refractivity contribution is -0.146. The quantitative estimate of drug-likeness (QED) is 0.127. The second-order valence-electron chi connectivity index (χ2n) is 14.0. The molecular weight excluding hydrogens is 738 g/mol. The van der Waals surface area contributed by atoms with Gasteiger partial charge in [0.05, 0.1) is 47.3 Å². The number of nitrogens with one attached hydrogen (secondary N) is 1. The van der Waals surface area contributed by atoms with Crippen LogP contribution >= 0.6 is 27.5 Å². The second kappa shape index (κ2) is 16.4. The highest BCUT2D eigenvalue weighted by atomic mass is 79.9. The van der Waals surface area contributed by atoms with Crippen molar-refractivity contribution in [3.63, 3.8) is 0 Å². The number of amides is 3. The number of esters is 1. The van der Waals surface area contributed by atoms with Gasteiger partial charge in [-0.1, -0.05) is 96.0 Å². The highest BCUT2D eigenvalue weighted by Crippen LogP contribution is 2.61. The SMILES string of the molecule is C=CCCC(=O)OC[C@@H](NC(=O)[C@H]1[C@@H]2O[C@@]3(CC2Br)[C@@H]1C(=O)N([C@@H](CO)CC(C)C)[C@@H]3C(=O)N(CC=C)c1c(C)cccc1Cl)c1ccccc1. The zero-order valence-electron chi connectivity index (χ0n) is 29.3. The predicted octanol–water partition coefficient (Wildman–Crippen LogP) is 5.69. The molecule has 10 nitrogen and oxygen atoms in total. The molecule has 3 fully saturated rings. The molecule has 3 aliphatic rings. The van der Waals surface area contributed by atoms with E-state index >= 15 is 4.79 Å². The van der Waals surface area contributed by atoms with Gasteiger partial charge in [-0.3, -0.25) is 19.2 Å². The highest BCUT2D eigenvalue weighted by Gasteiger charge is 2.77. The zero-order chi connectivity index (χ0) is 37.0. The Kier molecular flexibility index (Phi) is 12.5. The van der Waals surface area contributed by atoms with Crippen molar-refractivity contribution in [2.45, 2.75) is 81.1 Å². The number of carbonyl (C=O) groups is 4. The molecule has 51 heavy (non-hydrogen) atoms. The molecule has 0 saturated carbocycles. The van der Waals surface area contributed by atoms with Crippen LogP contribution in [0.3, 0.4) is 0 Å². The number of alkyl halides is 1. The number of aliphatic hydroxyl groups is 1. The molecule has 3 aliphatic heterocycles. The molecule has 3 heterocycles. The van der Waals surface area contributed by atoms with Crippen LogP contribution in [-0.2, 0) is 28.7 Å². The Morgan fingerprint density at radius 1 is 1.18 bits per heavy atom. The van der Waals surface area contributed by atoms with Gasteiger partial charge in [-0.15, -0.1) is 13.2 Å². The van der Waals surface area contributed by atoms with Crippen LogP contribution in [0.2, 0.25) is 5.02 Å². The van der Waals surface area contributed by atoms with Crippen LogP contribution in [0.1, 0.15) is 56.7 Å². The van der Waals surface area contributed by atoms with Gasteiger partial charge in [0.1, 0.15) is 18.2 Å². The monoisotopic (exact) mass is 783 g/mol. The first-order valence-corrected chi connectivity index (χ1v) is 18.7. The number of nitrogens with zero attached hydrogens (tertiary/aromatic N) is 2. The molecule has 274 valence electrons. The highest BCUT2D eigenvalue weighted by molar-refractivity contribution is 9.09. The van der Waals surface area contributed by atoms with Crippen LogP contribution in [0.5, 0.6) is 0 Å². The van der Waals surface area contributed by atoms with Gasteiger partial charge in [-0.05, 0) is 49.3 Å². The number of hydrogen-bond donors (Lipinski definition) is 2. The maximum absolute atomic E-state index is 15.1. The number of allylic oxidation sites excluding steroid dienone is 1. The number of aryl methyl sites for hydroxylation is 1. The van der Waals surface area contributed by atoms with Crippen molar-refractivity contribution >= 4 is 56.9 Å². The first-order valence-electron chi connectivity index (χ1n) is 17.4. The van der Waals surface area contributed by atoms with Gasteiger partial charge in [0.15, 0.2) is 0 Å². The molecule has 1 spiro atoms. The minimum atomic E-state index is -1.38. The average molecular weight is 785 g/mol. The van der Waals surface area contributed by atoms with Gasteiger partial charge >= 0.3 is 5.97 Å². The van der Waals surface area contributed by atoms with Crippen LogP contribution < -0.4 is 10.2 Å². The second-order valence-corrected chi connectivity index (χ2v) is 15.6. The summed E-state index contributed by atoms with van der Waals surface area (Å²) < 4.78 is 12.3. The summed E-state index contributed by atoms with van der Waals surface area (Å²) in [5, 5.41) is 14.1. The first kappa shape index (κ1) is 38.7. The maximum atomic E-state index is 15.1. The molecule has 2 bridgehead atoms. The van der Waals surface area contributed by atoms with Gasteiger partial charge in [-0.25, -0.2) is 0 Å². The number of para-hydroxylation sites is 1. The summed E-state index contributed by atoms with van der Waals surface area (Å²) in [4.78, 5) is 59.5. The lowest BCUT2D eigenvalue weighted by Crippen LogP contribution is -2.59. The summed E-state index contributed by atoms with van der Waals surface area (Å²) in [6, 6.07) is 11.9. The van der Waals surface area contributed by atoms with E-state index in [0.717, 1.165) is 11.1 Å². The molecule has 0 aromatic heterocycles. The Hall–Kier alpha value is -3.51. The van der Waals surface area contributed by atoms with Crippen molar-refractivity contribution in [1.29, 1.82) is 0 Å². The fraction of sp³-hybridized carbons (Fsp3) is 0.487. The van der Waals surface area contributed by atoms with E-state index in [1.165, 1.54) is 9.80 Å². The van der Waals surface area contributed by atoms with Crippen molar-refractivity contribution < 1.29 is 33.8 Å². The number of fused-ring (bicyclic) bond motifs is 1. The molecule has 3 saturated heterocycles. The molecule has 2 N–H and O–H groups in total. The van der Waals surface area contributed by atoms with Gasteiger partial charge in [0.2, 0.25) is 11.8 Å². The van der Waals surface area contributed by atoms with Gasteiger partial charge < -0.3 is 29.7 Å². The fourth-order valence-electron chi connectivity index (χ4n) is 8.04. The molecule has 0 radical (unpaired) electrons. The number of rotatable bonds is 16. The van der Waals surface area contributed by atoms with E-state index in [9.17, 15) is 19.5 Å². The molecule has 12 heteroatoms. The Morgan fingerprint density at radius 3 is 2.53 bits per heavy atom. The maximum Gasteiger partial charge on any atom is 0.306 e. The van der Waals surface area contributed by atoms with Crippen molar-refractivity contribution in [2.24, 2.45) is 17.8 Å². The number of ether oxygens (including phenoxy) is 2. The summed E-state index contributed by atoms with van der Waals surface area (Å²) in [6.45, 7) is 13.0. The third-order valence-electron chi connectivity index (χ3n) is 10.1. The minimum Gasteiger partial charge on any atom is -0.463 e. The summed E-state index contributed by atoms with van der Waals surface area (Å²) in [7, 11) is 0. The standard InChI is InChI=1S/C39H47BrClN3O7/c1-6-8-17-30(46)50-22-29(25-14-10-9-11-15-25)42-36(47)31-32-37(48)44(26(21-45)19-23(3)4)35(39(32)20-27(40)34(31)51-39)38(49)43(18-7-2)33-24(5)13-12-16-28(33)41/h6-7,9-16,23,26-27,29,31-32,34-35,45H,1-2,8,17-22H2,3-5H3,(H,42,47)/t26-,27?,29-,31-,32+,34-,35-,39+/m1/s1. The molecule has 0 aliphatic carbocycles. The molecule has 1 unspecified atom stereocenters. The number of halogens is 2. The average Bonchev–Trinajstić information content (AvgIpc) is 3.70. The molecule has 2 aromatic rings. The third kappa shape index (κ3) is 7.54. The van der Waals surface area contributed by atoms with Crippen LogP contribution in [0, 0.1) is 24.7 Å². The van der Waals surface area contributed by atoms with E-state index in [0.29, 0.717) is 23.6 Å². The lowest BCUT2D eigenvalue weighted by Gasteiger charge is -2.40. The molecule has 2 aromatic carbocycles. The predicted molar refractivity (Wildman–Crippen MR) is 199 cm³/mol. The van der Waals surface area contributed by atoms with E-state index in [4.69, 9.17) is 21.1 Å². The van der Waals surface area contributed by atoms with Crippen LogP contribution in [0.15, 0.2) is 73.8 Å². The van der Waals surface area contributed by atoms with Gasteiger partial charge in [0, 0.05) is 17.8 Å². The van der Waals surface area contributed by atoms with Crippen molar-refractivity contribution in [2.75, 3.05) is 24.7 Å². The Balaban J connectivity index is 1.55. The van der Waals surface area contributed by atoms with E-state index in [-0.39, 0.29) is 43.3 Å². The normalized spacial score (nSPS) is 26.1.